The molecule has 164 valence electrons. The highest BCUT2D eigenvalue weighted by atomic mass is 32.2. The van der Waals surface area contributed by atoms with Gasteiger partial charge in [0.1, 0.15) is 12.7 Å². The molecule has 1 saturated heterocycles. The fraction of sp³-hybridized carbons (Fsp3) is 0.471. The molecule has 1 N–H and O–H groups in total. The van der Waals surface area contributed by atoms with Gasteiger partial charge in [-0.25, -0.2) is 18.1 Å². The van der Waals surface area contributed by atoms with E-state index in [1.165, 1.54) is 27.7 Å². The fourth-order valence-corrected chi connectivity index (χ4v) is 4.17. The van der Waals surface area contributed by atoms with E-state index in [-0.39, 0.29) is 36.8 Å². The van der Waals surface area contributed by atoms with Crippen LogP contribution in [-0.4, -0.2) is 76.8 Å². The molecular formula is C17H21F3N6O3S. The zero-order valence-corrected chi connectivity index (χ0v) is 16.9. The quantitative estimate of drug-likeness (QED) is 0.716. The van der Waals surface area contributed by atoms with Crippen molar-refractivity contribution in [3.8, 4) is 5.69 Å². The van der Waals surface area contributed by atoms with E-state index in [1.807, 2.05) is 0 Å². The van der Waals surface area contributed by atoms with E-state index in [0.717, 1.165) is 12.1 Å². The van der Waals surface area contributed by atoms with Gasteiger partial charge in [-0.15, -0.1) is 0 Å². The molecule has 0 spiro atoms. The molecule has 30 heavy (non-hydrogen) atoms. The molecule has 0 atom stereocenters. The van der Waals surface area contributed by atoms with Gasteiger partial charge in [-0.3, -0.25) is 9.69 Å². The van der Waals surface area contributed by atoms with E-state index in [4.69, 9.17) is 0 Å². The first-order valence-corrected chi connectivity index (χ1v) is 10.8. The number of benzene rings is 1. The van der Waals surface area contributed by atoms with Crippen molar-refractivity contribution in [3.05, 3.63) is 36.4 Å². The molecule has 0 unspecified atom stereocenters. The first-order chi connectivity index (χ1) is 14.1. The van der Waals surface area contributed by atoms with Crippen molar-refractivity contribution in [3.63, 3.8) is 0 Å². The Morgan fingerprint density at radius 1 is 1.20 bits per heavy atom. The van der Waals surface area contributed by atoms with Gasteiger partial charge in [-0.1, -0.05) is 0 Å². The second-order valence-electron chi connectivity index (χ2n) is 6.69. The van der Waals surface area contributed by atoms with E-state index in [0.29, 0.717) is 13.1 Å². The third-order valence-corrected chi connectivity index (χ3v) is 6.60. The lowest BCUT2D eigenvalue weighted by Crippen LogP contribution is -2.50. The summed E-state index contributed by atoms with van der Waals surface area (Å²) in [6.45, 7) is 2.72. The van der Waals surface area contributed by atoms with E-state index >= 15 is 0 Å². The number of rotatable bonds is 6. The van der Waals surface area contributed by atoms with Gasteiger partial charge in [-0.2, -0.15) is 22.6 Å². The second kappa shape index (κ2) is 8.70. The zero-order chi connectivity index (χ0) is 21.9. The smallest absolute Gasteiger partial charge is 0.323 e. The van der Waals surface area contributed by atoms with Crippen LogP contribution in [0, 0.1) is 0 Å². The van der Waals surface area contributed by atoms with E-state index in [2.05, 4.69) is 15.4 Å². The zero-order valence-electron chi connectivity index (χ0n) is 16.1. The summed E-state index contributed by atoms with van der Waals surface area (Å²) in [5.41, 5.74) is -0.708. The van der Waals surface area contributed by atoms with Crippen molar-refractivity contribution in [1.82, 2.24) is 24.0 Å². The Bertz CT molecular complexity index is 987. The third kappa shape index (κ3) is 5.15. The molecule has 0 saturated carbocycles. The van der Waals surface area contributed by atoms with Gasteiger partial charge in [0, 0.05) is 26.2 Å². The van der Waals surface area contributed by atoms with Gasteiger partial charge >= 0.3 is 6.18 Å². The number of nitrogens with one attached hydrogen (secondary N) is 1. The molecule has 0 aliphatic carbocycles. The van der Waals surface area contributed by atoms with Crippen molar-refractivity contribution in [2.45, 2.75) is 13.1 Å². The summed E-state index contributed by atoms with van der Waals surface area (Å²) in [4.78, 5) is 18.0. The number of aromatic nitrogens is 3. The Kier molecular flexibility index (Phi) is 6.43. The molecule has 0 bridgehead atoms. The van der Waals surface area contributed by atoms with Crippen LogP contribution in [0.4, 0.5) is 18.9 Å². The van der Waals surface area contributed by atoms with Crippen LogP contribution in [0.1, 0.15) is 12.5 Å². The maximum atomic E-state index is 13.1. The standard InChI is InChI=1S/C17H21F3N6O3S/c1-2-30(28,29)25-7-5-24(6-8-25)10-16(27)23-14-9-13(17(18,19)20)3-4-15(14)26-12-21-11-22-26/h3-4,9,11-12H,2,5-8,10H2,1H3,(H,23,27). The van der Waals surface area contributed by atoms with Crippen LogP contribution in [0.15, 0.2) is 30.9 Å². The summed E-state index contributed by atoms with van der Waals surface area (Å²) in [7, 11) is -3.29. The van der Waals surface area contributed by atoms with Crippen molar-refractivity contribution in [2.75, 3.05) is 43.8 Å². The molecule has 1 aliphatic heterocycles. The van der Waals surface area contributed by atoms with Gasteiger partial charge in [0.25, 0.3) is 0 Å². The van der Waals surface area contributed by atoms with Crippen molar-refractivity contribution >= 4 is 21.6 Å². The minimum Gasteiger partial charge on any atom is -0.323 e. The minimum atomic E-state index is -4.57. The highest BCUT2D eigenvalue weighted by Gasteiger charge is 2.32. The number of sulfonamides is 1. The molecule has 0 radical (unpaired) electrons. The lowest BCUT2D eigenvalue weighted by atomic mass is 10.1. The number of carbonyl (C=O) groups excluding carboxylic acids is 1. The van der Waals surface area contributed by atoms with Gasteiger partial charge in [0.2, 0.25) is 15.9 Å². The highest BCUT2D eigenvalue weighted by Crippen LogP contribution is 2.33. The monoisotopic (exact) mass is 446 g/mol. The Hall–Kier alpha value is -2.51. The third-order valence-electron chi connectivity index (χ3n) is 4.72. The largest absolute Gasteiger partial charge is 0.416 e. The summed E-state index contributed by atoms with van der Waals surface area (Å²) in [6, 6.07) is 2.96. The predicted molar refractivity (Wildman–Crippen MR) is 102 cm³/mol. The number of anilines is 1. The summed E-state index contributed by atoms with van der Waals surface area (Å²) >= 11 is 0. The first kappa shape index (κ1) is 22.2. The van der Waals surface area contributed by atoms with Gasteiger partial charge in [0.05, 0.1) is 29.2 Å². The van der Waals surface area contributed by atoms with Crippen LogP contribution in [0.2, 0.25) is 0 Å². The molecule has 2 aromatic rings. The van der Waals surface area contributed by atoms with Crippen LogP contribution in [0.25, 0.3) is 5.69 Å². The lowest BCUT2D eigenvalue weighted by Gasteiger charge is -2.33. The van der Waals surface area contributed by atoms with Crippen molar-refractivity contribution in [2.24, 2.45) is 0 Å². The number of amides is 1. The lowest BCUT2D eigenvalue weighted by molar-refractivity contribution is -0.137. The number of alkyl halides is 3. The van der Waals surface area contributed by atoms with Gasteiger partial charge in [0.15, 0.2) is 0 Å². The van der Waals surface area contributed by atoms with Crippen LogP contribution in [0.5, 0.6) is 0 Å². The number of hydrogen-bond donors (Lipinski definition) is 1. The maximum Gasteiger partial charge on any atom is 0.416 e. The fourth-order valence-electron chi connectivity index (χ4n) is 3.09. The Morgan fingerprint density at radius 3 is 2.47 bits per heavy atom. The highest BCUT2D eigenvalue weighted by molar-refractivity contribution is 7.89. The van der Waals surface area contributed by atoms with Crippen molar-refractivity contribution < 1.29 is 26.4 Å². The summed E-state index contributed by atoms with van der Waals surface area (Å²) < 4.78 is 65.8. The summed E-state index contributed by atoms with van der Waals surface area (Å²) in [5.74, 6) is -0.504. The van der Waals surface area contributed by atoms with E-state index in [1.54, 1.807) is 11.8 Å². The van der Waals surface area contributed by atoms with Crippen LogP contribution in [-0.2, 0) is 21.0 Å². The molecule has 1 amide bonds. The topological polar surface area (TPSA) is 100 Å². The first-order valence-electron chi connectivity index (χ1n) is 9.16. The molecular weight excluding hydrogens is 425 g/mol. The molecule has 1 aliphatic rings. The van der Waals surface area contributed by atoms with Crippen LogP contribution < -0.4 is 5.32 Å². The SMILES string of the molecule is CCS(=O)(=O)N1CCN(CC(=O)Nc2cc(C(F)(F)F)ccc2-n2cncn2)CC1. The Balaban J connectivity index is 1.70. The van der Waals surface area contributed by atoms with E-state index < -0.39 is 27.7 Å². The molecule has 9 nitrogen and oxygen atoms in total. The normalized spacial score (nSPS) is 16.5. The summed E-state index contributed by atoms with van der Waals surface area (Å²) in [6.07, 6.45) is -2.03. The van der Waals surface area contributed by atoms with E-state index in [9.17, 15) is 26.4 Å². The van der Waals surface area contributed by atoms with Crippen LogP contribution >= 0.6 is 0 Å². The van der Waals surface area contributed by atoms with Crippen LogP contribution in [0.3, 0.4) is 0 Å². The van der Waals surface area contributed by atoms with Gasteiger partial charge < -0.3 is 5.32 Å². The average molecular weight is 446 g/mol. The number of nitrogens with zero attached hydrogens (tertiary/aromatic N) is 5. The average Bonchev–Trinajstić information content (AvgIpc) is 3.22. The maximum absolute atomic E-state index is 13.1. The minimum absolute atomic E-state index is 0.00803. The Morgan fingerprint density at radius 2 is 1.90 bits per heavy atom. The predicted octanol–water partition coefficient (Wildman–Crippen LogP) is 1.19. The molecule has 1 aromatic heterocycles. The number of halogens is 3. The van der Waals surface area contributed by atoms with Gasteiger partial charge in [-0.05, 0) is 25.1 Å². The molecule has 3 rings (SSSR count). The number of carbonyl (C=O) groups is 1. The summed E-state index contributed by atoms with van der Waals surface area (Å²) in [5, 5.41) is 6.41. The second-order valence-corrected chi connectivity index (χ2v) is 8.95. The number of hydrogen-bond acceptors (Lipinski definition) is 6. The Labute approximate surface area is 171 Å². The molecule has 1 fully saturated rings. The molecule has 2 heterocycles. The molecule has 13 heteroatoms. The van der Waals surface area contributed by atoms with Crippen molar-refractivity contribution in [1.29, 1.82) is 0 Å². The molecule has 1 aromatic carbocycles. The number of piperazine rings is 1.